The maximum atomic E-state index is 5.42. The molecular formula is C13H14ClO2P. The van der Waals surface area contributed by atoms with Crippen molar-refractivity contribution in [2.24, 2.45) is 0 Å². The summed E-state index contributed by atoms with van der Waals surface area (Å²) in [6, 6.07) is 19.3. The molecule has 0 aliphatic rings. The molecule has 0 saturated heterocycles. The minimum absolute atomic E-state index is 0.0129. The molecule has 4 heteroatoms. The predicted molar refractivity (Wildman–Crippen MR) is 74.2 cm³/mol. The highest BCUT2D eigenvalue weighted by Gasteiger charge is 1.93. The Morgan fingerprint density at radius 3 is 1.41 bits per heavy atom. The van der Waals surface area contributed by atoms with Gasteiger partial charge in [-0.2, -0.15) is 0 Å². The van der Waals surface area contributed by atoms with Gasteiger partial charge in [0, 0.05) is 6.38 Å². The van der Waals surface area contributed by atoms with Crippen molar-refractivity contribution < 1.29 is 9.05 Å². The number of benzene rings is 2. The summed E-state index contributed by atoms with van der Waals surface area (Å²) in [6.45, 7) is 0. The fourth-order valence-electron chi connectivity index (χ4n) is 1.09. The number of alkyl halides is 1. The van der Waals surface area contributed by atoms with Crippen LogP contribution >= 0.6 is 20.6 Å². The maximum absolute atomic E-state index is 5.42. The van der Waals surface area contributed by atoms with Crippen LogP contribution in [-0.2, 0) is 0 Å². The lowest BCUT2D eigenvalue weighted by atomic mass is 10.3. The predicted octanol–water partition coefficient (Wildman–Crippen LogP) is 4.51. The van der Waals surface area contributed by atoms with E-state index in [1.165, 1.54) is 6.38 Å². The molecule has 0 aliphatic carbocycles. The van der Waals surface area contributed by atoms with Gasteiger partial charge in [0.25, 0.3) is 9.03 Å². The second-order valence-electron chi connectivity index (χ2n) is 2.91. The van der Waals surface area contributed by atoms with Gasteiger partial charge in [0.05, 0.1) is 0 Å². The first-order chi connectivity index (χ1) is 8.45. The van der Waals surface area contributed by atoms with Crippen LogP contribution in [0.5, 0.6) is 11.5 Å². The number of halogens is 1. The van der Waals surface area contributed by atoms with Gasteiger partial charge in [-0.15, -0.1) is 11.6 Å². The Hall–Kier alpha value is -1.24. The molecule has 0 spiro atoms. The first-order valence-corrected chi connectivity index (χ1v) is 6.59. The summed E-state index contributed by atoms with van der Waals surface area (Å²) in [7, 11) is -0.0129. The van der Waals surface area contributed by atoms with Gasteiger partial charge in [0.1, 0.15) is 11.5 Å². The Labute approximate surface area is 108 Å². The first-order valence-electron chi connectivity index (χ1n) is 5.02. The highest BCUT2D eigenvalue weighted by atomic mass is 35.5. The van der Waals surface area contributed by atoms with E-state index in [4.69, 9.17) is 9.05 Å². The second-order valence-corrected chi connectivity index (χ2v) is 3.49. The minimum Gasteiger partial charge on any atom is -0.441 e. The maximum Gasteiger partial charge on any atom is 0.275 e. The average molecular weight is 269 g/mol. The highest BCUT2D eigenvalue weighted by Crippen LogP contribution is 2.23. The third-order valence-corrected chi connectivity index (χ3v) is 2.44. The third kappa shape index (κ3) is 5.58. The molecule has 0 saturated carbocycles. The summed E-state index contributed by atoms with van der Waals surface area (Å²) in [4.78, 5) is 0. The van der Waals surface area contributed by atoms with Crippen LogP contribution in [-0.4, -0.2) is 6.38 Å². The lowest BCUT2D eigenvalue weighted by Gasteiger charge is -2.06. The van der Waals surface area contributed by atoms with Gasteiger partial charge >= 0.3 is 0 Å². The van der Waals surface area contributed by atoms with Crippen molar-refractivity contribution >= 4 is 20.6 Å². The van der Waals surface area contributed by atoms with Crippen LogP contribution in [0.1, 0.15) is 0 Å². The molecule has 0 aliphatic heterocycles. The zero-order chi connectivity index (χ0) is 12.3. The number of rotatable bonds is 4. The molecule has 0 amide bonds. The Morgan fingerprint density at radius 1 is 0.706 bits per heavy atom. The molecule has 17 heavy (non-hydrogen) atoms. The van der Waals surface area contributed by atoms with Crippen LogP contribution in [0.25, 0.3) is 0 Å². The molecular weight excluding hydrogens is 255 g/mol. The average Bonchev–Trinajstić information content (AvgIpc) is 2.43. The Morgan fingerprint density at radius 2 is 1.06 bits per heavy atom. The number of hydrogen-bond donors (Lipinski definition) is 0. The summed E-state index contributed by atoms with van der Waals surface area (Å²) in [5.74, 6) is 1.65. The summed E-state index contributed by atoms with van der Waals surface area (Å²) >= 11 is 4.64. The zero-order valence-electron chi connectivity index (χ0n) is 9.47. The summed E-state index contributed by atoms with van der Waals surface area (Å²) < 4.78 is 10.8. The van der Waals surface area contributed by atoms with E-state index < -0.39 is 0 Å². The van der Waals surface area contributed by atoms with Gasteiger partial charge in [-0.1, -0.05) is 36.4 Å². The zero-order valence-corrected chi connectivity index (χ0v) is 11.2. The molecule has 0 fully saturated rings. The van der Waals surface area contributed by atoms with Crippen molar-refractivity contribution in [2.75, 3.05) is 6.38 Å². The summed E-state index contributed by atoms with van der Waals surface area (Å²) in [5.41, 5.74) is 0. The van der Waals surface area contributed by atoms with E-state index in [9.17, 15) is 0 Å². The molecule has 0 N–H and O–H groups in total. The third-order valence-electron chi connectivity index (χ3n) is 1.81. The molecule has 2 aromatic rings. The van der Waals surface area contributed by atoms with Crippen molar-refractivity contribution in [1.82, 2.24) is 0 Å². The fraction of sp³-hybridized carbons (Fsp3) is 0.0769. The summed E-state index contributed by atoms with van der Waals surface area (Å²) in [6.07, 6.45) is 1.47. The molecule has 2 rings (SSSR count). The van der Waals surface area contributed by atoms with E-state index in [1.807, 2.05) is 60.7 Å². The van der Waals surface area contributed by atoms with E-state index >= 15 is 0 Å². The van der Waals surface area contributed by atoms with Crippen LogP contribution < -0.4 is 9.05 Å². The minimum atomic E-state index is -0.0129. The molecule has 0 aromatic heterocycles. The molecule has 0 heterocycles. The number of para-hydroxylation sites is 2. The van der Waals surface area contributed by atoms with Crippen molar-refractivity contribution in [3.8, 4) is 11.5 Å². The van der Waals surface area contributed by atoms with Crippen LogP contribution in [0.15, 0.2) is 60.7 Å². The van der Waals surface area contributed by atoms with Crippen molar-refractivity contribution in [2.45, 2.75) is 0 Å². The normalized spacial score (nSPS) is 8.82. The lowest BCUT2D eigenvalue weighted by Crippen LogP contribution is -1.83. The van der Waals surface area contributed by atoms with E-state index in [-0.39, 0.29) is 9.03 Å². The first kappa shape index (κ1) is 13.8. The largest absolute Gasteiger partial charge is 0.441 e. The molecule has 0 radical (unpaired) electrons. The Bertz CT molecular complexity index is 355. The second kappa shape index (κ2) is 8.86. The smallest absolute Gasteiger partial charge is 0.275 e. The molecule has 0 atom stereocenters. The quantitative estimate of drug-likeness (QED) is 0.600. The Balaban J connectivity index is 0.000000686. The van der Waals surface area contributed by atoms with Crippen LogP contribution in [0.2, 0.25) is 0 Å². The van der Waals surface area contributed by atoms with Gasteiger partial charge in [-0.3, -0.25) is 0 Å². The molecule has 0 unspecified atom stereocenters. The molecule has 2 nitrogen and oxygen atoms in total. The molecule has 0 bridgehead atoms. The van der Waals surface area contributed by atoms with Gasteiger partial charge in [-0.05, 0) is 24.3 Å². The van der Waals surface area contributed by atoms with E-state index in [0.717, 1.165) is 11.5 Å². The Kier molecular flexibility index (Phi) is 7.20. The number of hydrogen-bond acceptors (Lipinski definition) is 2. The van der Waals surface area contributed by atoms with Crippen LogP contribution in [0.3, 0.4) is 0 Å². The SMILES string of the molecule is CCl.c1ccc(OPOc2ccccc2)cc1. The van der Waals surface area contributed by atoms with Crippen molar-refractivity contribution in [3.05, 3.63) is 60.7 Å². The topological polar surface area (TPSA) is 18.5 Å². The van der Waals surface area contributed by atoms with Gasteiger partial charge in [0.15, 0.2) is 0 Å². The van der Waals surface area contributed by atoms with E-state index in [0.29, 0.717) is 0 Å². The van der Waals surface area contributed by atoms with Crippen molar-refractivity contribution in [3.63, 3.8) is 0 Å². The van der Waals surface area contributed by atoms with E-state index in [2.05, 4.69) is 11.6 Å². The van der Waals surface area contributed by atoms with Gasteiger partial charge in [0.2, 0.25) is 0 Å². The lowest BCUT2D eigenvalue weighted by molar-refractivity contribution is 0.516. The van der Waals surface area contributed by atoms with E-state index in [1.54, 1.807) is 0 Å². The standard InChI is InChI=1S/C12H11O2P.CH3Cl/c1-3-7-11(8-4-1)13-15-14-12-9-5-2-6-10-12;1-2/h1-10,15H;1H3. The fourth-order valence-corrected chi connectivity index (χ4v) is 1.60. The van der Waals surface area contributed by atoms with Gasteiger partial charge < -0.3 is 9.05 Å². The van der Waals surface area contributed by atoms with Gasteiger partial charge in [-0.25, -0.2) is 0 Å². The van der Waals surface area contributed by atoms with Crippen molar-refractivity contribution in [1.29, 1.82) is 0 Å². The highest BCUT2D eigenvalue weighted by molar-refractivity contribution is 7.27. The molecule has 90 valence electrons. The molecule has 2 aromatic carbocycles. The monoisotopic (exact) mass is 268 g/mol. The van der Waals surface area contributed by atoms with Crippen LogP contribution in [0, 0.1) is 0 Å². The van der Waals surface area contributed by atoms with Crippen LogP contribution in [0.4, 0.5) is 0 Å². The summed E-state index contributed by atoms with van der Waals surface area (Å²) in [5, 5.41) is 0.